The zero-order valence-electron chi connectivity index (χ0n) is 11.6. The normalized spacial score (nSPS) is 14.1. The summed E-state index contributed by atoms with van der Waals surface area (Å²) >= 11 is 0. The second kappa shape index (κ2) is 5.98. The fraction of sp³-hybridized carbons (Fsp3) is 0.538. The Morgan fingerprint density at radius 2 is 1.89 bits per heavy atom. The monoisotopic (exact) mass is 289 g/mol. The van der Waals surface area contributed by atoms with E-state index in [0.717, 1.165) is 6.07 Å². The predicted molar refractivity (Wildman–Crippen MR) is 71.6 cm³/mol. The maximum atomic E-state index is 13.8. The molecule has 0 aliphatic heterocycles. The highest BCUT2D eigenvalue weighted by atomic mass is 32.2. The van der Waals surface area contributed by atoms with E-state index in [9.17, 15) is 12.8 Å². The molecule has 0 spiro atoms. The van der Waals surface area contributed by atoms with Crippen LogP contribution in [0.5, 0.6) is 0 Å². The Morgan fingerprint density at radius 1 is 1.32 bits per heavy atom. The zero-order chi connectivity index (χ0) is 14.8. The molecule has 0 bridgehead atoms. The maximum Gasteiger partial charge on any atom is 0.245 e. The van der Waals surface area contributed by atoms with Crippen molar-refractivity contribution in [3.05, 3.63) is 29.6 Å². The van der Waals surface area contributed by atoms with Crippen molar-refractivity contribution in [3.63, 3.8) is 0 Å². The third-order valence-corrected chi connectivity index (χ3v) is 5.35. The van der Waals surface area contributed by atoms with Gasteiger partial charge in [-0.2, -0.15) is 4.31 Å². The molecule has 0 heterocycles. The summed E-state index contributed by atoms with van der Waals surface area (Å²) in [6, 6.07) is 3.41. The molecule has 1 rings (SSSR count). The van der Waals surface area contributed by atoms with E-state index in [-0.39, 0.29) is 23.5 Å². The van der Waals surface area contributed by atoms with E-state index < -0.39 is 15.8 Å². The molecular weight excluding hydrogens is 269 g/mol. The van der Waals surface area contributed by atoms with Crippen LogP contribution in [-0.2, 0) is 16.6 Å². The molecular formula is C13H20FNO3S. The van der Waals surface area contributed by atoms with Gasteiger partial charge in [0.05, 0.1) is 6.61 Å². The van der Waals surface area contributed by atoms with Crippen LogP contribution in [0.3, 0.4) is 0 Å². The quantitative estimate of drug-likeness (QED) is 0.901. The molecule has 0 fully saturated rings. The van der Waals surface area contributed by atoms with Crippen LogP contribution >= 0.6 is 0 Å². The number of hydrogen-bond donors (Lipinski definition) is 1. The second-order valence-electron chi connectivity index (χ2n) is 4.93. The number of aliphatic hydroxyl groups excluding tert-OH is 1. The molecule has 0 amide bonds. The van der Waals surface area contributed by atoms with Crippen molar-refractivity contribution in [3.8, 4) is 0 Å². The minimum absolute atomic E-state index is 0.125. The fourth-order valence-corrected chi connectivity index (χ4v) is 3.18. The predicted octanol–water partition coefficient (Wildman–Crippen LogP) is 1.98. The standard InChI is InChI=1S/C13H20FNO3S/c1-9(2)10(3)15(4)19(17,18)13-6-5-11(8-16)7-12(13)14/h5-7,9-10,16H,8H2,1-4H3. The summed E-state index contributed by atoms with van der Waals surface area (Å²) in [6.45, 7) is 5.27. The molecule has 1 unspecified atom stereocenters. The molecule has 19 heavy (non-hydrogen) atoms. The number of rotatable bonds is 5. The van der Waals surface area contributed by atoms with Gasteiger partial charge in [-0.15, -0.1) is 0 Å². The van der Waals surface area contributed by atoms with Crippen LogP contribution in [-0.4, -0.2) is 30.9 Å². The summed E-state index contributed by atoms with van der Waals surface area (Å²) in [7, 11) is -2.42. The van der Waals surface area contributed by atoms with Crippen LogP contribution in [0, 0.1) is 11.7 Å². The van der Waals surface area contributed by atoms with Crippen LogP contribution in [0.4, 0.5) is 4.39 Å². The number of aliphatic hydroxyl groups is 1. The SMILES string of the molecule is CC(C)C(C)N(C)S(=O)(=O)c1ccc(CO)cc1F. The highest BCUT2D eigenvalue weighted by molar-refractivity contribution is 7.89. The van der Waals surface area contributed by atoms with Crippen molar-refractivity contribution in [2.24, 2.45) is 5.92 Å². The Balaban J connectivity index is 3.20. The van der Waals surface area contributed by atoms with Gasteiger partial charge in [0, 0.05) is 13.1 Å². The Morgan fingerprint density at radius 3 is 2.32 bits per heavy atom. The van der Waals surface area contributed by atoms with Gasteiger partial charge in [0.15, 0.2) is 0 Å². The van der Waals surface area contributed by atoms with Gasteiger partial charge < -0.3 is 5.11 Å². The van der Waals surface area contributed by atoms with E-state index in [1.54, 1.807) is 6.92 Å². The van der Waals surface area contributed by atoms with Crippen molar-refractivity contribution in [1.82, 2.24) is 4.31 Å². The number of nitrogens with zero attached hydrogens (tertiary/aromatic N) is 1. The Kier molecular flexibility index (Phi) is 5.06. The first-order valence-corrected chi connectivity index (χ1v) is 7.53. The van der Waals surface area contributed by atoms with E-state index in [0.29, 0.717) is 5.56 Å². The third-order valence-electron chi connectivity index (χ3n) is 3.37. The van der Waals surface area contributed by atoms with Gasteiger partial charge in [-0.25, -0.2) is 12.8 Å². The first-order valence-electron chi connectivity index (χ1n) is 6.09. The zero-order valence-corrected chi connectivity index (χ0v) is 12.4. The van der Waals surface area contributed by atoms with Crippen LogP contribution in [0.1, 0.15) is 26.3 Å². The lowest BCUT2D eigenvalue weighted by atomic mass is 10.1. The summed E-state index contributed by atoms with van der Waals surface area (Å²) < 4.78 is 39.7. The number of benzene rings is 1. The minimum atomic E-state index is -3.86. The molecule has 0 saturated carbocycles. The lowest BCUT2D eigenvalue weighted by Gasteiger charge is -2.27. The summed E-state index contributed by atoms with van der Waals surface area (Å²) in [5.74, 6) is -0.714. The molecule has 0 aliphatic rings. The van der Waals surface area contributed by atoms with Crippen molar-refractivity contribution in [2.75, 3.05) is 7.05 Å². The van der Waals surface area contributed by atoms with Crippen LogP contribution in [0.25, 0.3) is 0 Å². The number of hydrogen-bond acceptors (Lipinski definition) is 3. The van der Waals surface area contributed by atoms with Crippen LogP contribution in [0.2, 0.25) is 0 Å². The molecule has 1 aromatic carbocycles. The lowest BCUT2D eigenvalue weighted by Crippen LogP contribution is -2.38. The van der Waals surface area contributed by atoms with Crippen LogP contribution < -0.4 is 0 Å². The average molecular weight is 289 g/mol. The van der Waals surface area contributed by atoms with E-state index in [1.807, 2.05) is 13.8 Å². The van der Waals surface area contributed by atoms with Gasteiger partial charge in [0.25, 0.3) is 0 Å². The van der Waals surface area contributed by atoms with Gasteiger partial charge in [0.2, 0.25) is 10.0 Å². The van der Waals surface area contributed by atoms with E-state index in [1.165, 1.54) is 23.5 Å². The first kappa shape index (κ1) is 16.1. The second-order valence-corrected chi connectivity index (χ2v) is 6.89. The van der Waals surface area contributed by atoms with Gasteiger partial charge in [-0.3, -0.25) is 0 Å². The molecule has 1 N–H and O–H groups in total. The molecule has 1 aromatic rings. The summed E-state index contributed by atoms with van der Waals surface area (Å²) in [5.41, 5.74) is 0.344. The van der Waals surface area contributed by atoms with Crippen molar-refractivity contribution >= 4 is 10.0 Å². The Hall–Kier alpha value is -0.980. The van der Waals surface area contributed by atoms with Crippen molar-refractivity contribution in [1.29, 1.82) is 0 Å². The van der Waals surface area contributed by atoms with E-state index in [4.69, 9.17) is 5.11 Å². The smallest absolute Gasteiger partial charge is 0.245 e. The molecule has 6 heteroatoms. The number of sulfonamides is 1. The van der Waals surface area contributed by atoms with Gasteiger partial charge in [-0.1, -0.05) is 19.9 Å². The summed E-state index contributed by atoms with van der Waals surface area (Å²) in [4.78, 5) is -0.361. The molecule has 0 saturated heterocycles. The molecule has 0 aliphatic carbocycles. The van der Waals surface area contributed by atoms with Crippen molar-refractivity contribution in [2.45, 2.75) is 38.3 Å². The largest absolute Gasteiger partial charge is 0.392 e. The lowest BCUT2D eigenvalue weighted by molar-refractivity contribution is 0.281. The molecule has 108 valence electrons. The Labute approximate surface area is 113 Å². The van der Waals surface area contributed by atoms with Crippen molar-refractivity contribution < 1.29 is 17.9 Å². The third kappa shape index (κ3) is 3.32. The van der Waals surface area contributed by atoms with E-state index >= 15 is 0 Å². The molecule has 0 aromatic heterocycles. The summed E-state index contributed by atoms with van der Waals surface area (Å²) in [5, 5.41) is 8.90. The fourth-order valence-electron chi connectivity index (χ4n) is 1.65. The summed E-state index contributed by atoms with van der Waals surface area (Å²) in [6.07, 6.45) is 0. The molecule has 0 radical (unpaired) electrons. The first-order chi connectivity index (χ1) is 8.71. The minimum Gasteiger partial charge on any atom is -0.392 e. The molecule has 1 atom stereocenters. The maximum absolute atomic E-state index is 13.8. The number of halogens is 1. The highest BCUT2D eigenvalue weighted by Crippen LogP contribution is 2.23. The van der Waals surface area contributed by atoms with Gasteiger partial charge in [-0.05, 0) is 30.5 Å². The van der Waals surface area contributed by atoms with E-state index in [2.05, 4.69) is 0 Å². The molecule has 4 nitrogen and oxygen atoms in total. The Bertz CT molecular complexity index is 543. The van der Waals surface area contributed by atoms with Gasteiger partial charge >= 0.3 is 0 Å². The highest BCUT2D eigenvalue weighted by Gasteiger charge is 2.29. The average Bonchev–Trinajstić information content (AvgIpc) is 2.36. The van der Waals surface area contributed by atoms with Gasteiger partial charge in [0.1, 0.15) is 10.7 Å². The topological polar surface area (TPSA) is 57.6 Å². The van der Waals surface area contributed by atoms with Crippen LogP contribution in [0.15, 0.2) is 23.1 Å².